The van der Waals surface area contributed by atoms with E-state index in [0.29, 0.717) is 17.7 Å². The second-order valence-corrected chi connectivity index (χ2v) is 6.44. The molecule has 0 fully saturated rings. The van der Waals surface area contributed by atoms with Gasteiger partial charge < -0.3 is 10.6 Å². The highest BCUT2D eigenvalue weighted by Crippen LogP contribution is 2.11. The lowest BCUT2D eigenvalue weighted by molar-refractivity contribution is -0.118. The van der Waals surface area contributed by atoms with Crippen molar-refractivity contribution in [1.29, 1.82) is 0 Å². The highest BCUT2D eigenvalue weighted by Gasteiger charge is 2.22. The van der Waals surface area contributed by atoms with Gasteiger partial charge in [-0.05, 0) is 36.8 Å². The smallest absolute Gasteiger partial charge is 0.251 e. The topological polar surface area (TPSA) is 58.2 Å². The lowest BCUT2D eigenvalue weighted by Crippen LogP contribution is -2.45. The van der Waals surface area contributed by atoms with Crippen molar-refractivity contribution in [3.05, 3.63) is 102 Å². The van der Waals surface area contributed by atoms with Crippen LogP contribution >= 0.6 is 0 Å². The van der Waals surface area contributed by atoms with Crippen LogP contribution in [0.2, 0.25) is 0 Å². The largest absolute Gasteiger partial charge is 0.340 e. The fourth-order valence-corrected chi connectivity index (χ4v) is 2.76. The Morgan fingerprint density at radius 3 is 2.04 bits per heavy atom. The Morgan fingerprint density at radius 2 is 1.41 bits per heavy atom. The fourth-order valence-electron chi connectivity index (χ4n) is 2.76. The van der Waals surface area contributed by atoms with Gasteiger partial charge in [-0.2, -0.15) is 0 Å². The summed E-state index contributed by atoms with van der Waals surface area (Å²) < 4.78 is 0. The van der Waals surface area contributed by atoms with Crippen LogP contribution in [-0.2, 0) is 11.2 Å². The molecule has 3 rings (SSSR count). The molecule has 0 spiro atoms. The predicted molar refractivity (Wildman–Crippen MR) is 108 cm³/mol. The van der Waals surface area contributed by atoms with Crippen LogP contribution in [0.25, 0.3) is 0 Å². The van der Waals surface area contributed by atoms with E-state index in [2.05, 4.69) is 10.6 Å². The lowest BCUT2D eigenvalue weighted by Gasteiger charge is -2.19. The molecule has 0 saturated carbocycles. The van der Waals surface area contributed by atoms with Crippen LogP contribution in [0.3, 0.4) is 0 Å². The monoisotopic (exact) mass is 358 g/mol. The van der Waals surface area contributed by atoms with Gasteiger partial charge in [-0.3, -0.25) is 9.59 Å². The summed E-state index contributed by atoms with van der Waals surface area (Å²) in [5, 5.41) is 5.75. The van der Waals surface area contributed by atoms with Crippen molar-refractivity contribution in [2.24, 2.45) is 0 Å². The summed E-state index contributed by atoms with van der Waals surface area (Å²) in [5.74, 6) is -0.512. The van der Waals surface area contributed by atoms with Gasteiger partial charge in [-0.25, -0.2) is 0 Å². The highest BCUT2D eigenvalue weighted by molar-refractivity contribution is 6.01. The number of benzene rings is 3. The maximum absolute atomic E-state index is 12.8. The van der Waals surface area contributed by atoms with E-state index < -0.39 is 6.04 Å². The quantitative estimate of drug-likeness (QED) is 0.700. The first-order valence-corrected chi connectivity index (χ1v) is 8.89. The predicted octanol–water partition coefficient (Wildman–Crippen LogP) is 3.97. The molecule has 4 heteroatoms. The SMILES string of the molecule is Cc1ccc(NC(=O)C(Cc2ccccc2)NC(=O)c2ccccc2)cc1. The minimum absolute atomic E-state index is 0.244. The second kappa shape index (κ2) is 8.81. The number of nitrogens with one attached hydrogen (secondary N) is 2. The van der Waals surface area contributed by atoms with Crippen LogP contribution in [0.15, 0.2) is 84.9 Å². The molecule has 3 aromatic rings. The van der Waals surface area contributed by atoms with Crippen molar-refractivity contribution in [1.82, 2.24) is 5.32 Å². The van der Waals surface area contributed by atoms with Crippen molar-refractivity contribution in [2.75, 3.05) is 5.32 Å². The van der Waals surface area contributed by atoms with Gasteiger partial charge in [0.15, 0.2) is 0 Å². The molecule has 4 nitrogen and oxygen atoms in total. The van der Waals surface area contributed by atoms with Gasteiger partial charge >= 0.3 is 0 Å². The molecule has 136 valence electrons. The van der Waals surface area contributed by atoms with Gasteiger partial charge in [0.25, 0.3) is 5.91 Å². The molecule has 0 aliphatic heterocycles. The van der Waals surface area contributed by atoms with Crippen molar-refractivity contribution in [2.45, 2.75) is 19.4 Å². The number of hydrogen-bond acceptors (Lipinski definition) is 2. The third-order valence-corrected chi connectivity index (χ3v) is 4.26. The van der Waals surface area contributed by atoms with E-state index in [4.69, 9.17) is 0 Å². The zero-order valence-electron chi connectivity index (χ0n) is 15.2. The molecule has 27 heavy (non-hydrogen) atoms. The number of rotatable bonds is 6. The molecule has 0 aliphatic rings. The summed E-state index contributed by atoms with van der Waals surface area (Å²) in [5.41, 5.74) is 3.33. The van der Waals surface area contributed by atoms with Crippen molar-refractivity contribution in [3.63, 3.8) is 0 Å². The van der Waals surface area contributed by atoms with Crippen LogP contribution in [0.5, 0.6) is 0 Å². The van der Waals surface area contributed by atoms with Crippen molar-refractivity contribution >= 4 is 17.5 Å². The van der Waals surface area contributed by atoms with Gasteiger partial charge in [0, 0.05) is 17.7 Å². The number of amides is 2. The van der Waals surface area contributed by atoms with Gasteiger partial charge in [0.1, 0.15) is 6.04 Å². The Morgan fingerprint density at radius 1 is 0.815 bits per heavy atom. The molecular weight excluding hydrogens is 336 g/mol. The van der Waals surface area contributed by atoms with Gasteiger partial charge in [0.05, 0.1) is 0 Å². The van der Waals surface area contributed by atoms with Crippen LogP contribution in [0.4, 0.5) is 5.69 Å². The normalized spacial score (nSPS) is 11.4. The molecule has 2 N–H and O–H groups in total. The van der Waals surface area contributed by atoms with E-state index in [0.717, 1.165) is 11.1 Å². The fraction of sp³-hybridized carbons (Fsp3) is 0.130. The molecule has 0 aromatic heterocycles. The lowest BCUT2D eigenvalue weighted by atomic mass is 10.0. The van der Waals surface area contributed by atoms with Gasteiger partial charge in [-0.1, -0.05) is 66.2 Å². The van der Waals surface area contributed by atoms with E-state index in [1.807, 2.05) is 67.6 Å². The van der Waals surface area contributed by atoms with E-state index in [-0.39, 0.29) is 11.8 Å². The Kier molecular flexibility index (Phi) is 6.00. The van der Waals surface area contributed by atoms with Crippen LogP contribution < -0.4 is 10.6 Å². The first-order chi connectivity index (χ1) is 13.1. The third-order valence-electron chi connectivity index (χ3n) is 4.26. The zero-order valence-corrected chi connectivity index (χ0v) is 15.2. The molecule has 0 saturated heterocycles. The molecule has 1 atom stereocenters. The van der Waals surface area contributed by atoms with E-state index in [9.17, 15) is 9.59 Å². The minimum Gasteiger partial charge on any atom is -0.340 e. The first-order valence-electron chi connectivity index (χ1n) is 8.89. The summed E-state index contributed by atoms with van der Waals surface area (Å²) in [7, 11) is 0. The average molecular weight is 358 g/mol. The number of aryl methyl sites for hydroxylation is 1. The third kappa shape index (κ3) is 5.28. The van der Waals surface area contributed by atoms with Crippen LogP contribution in [-0.4, -0.2) is 17.9 Å². The molecule has 0 aliphatic carbocycles. The Labute approximate surface area is 159 Å². The summed E-state index contributed by atoms with van der Waals surface area (Å²) in [6.07, 6.45) is 0.414. The van der Waals surface area contributed by atoms with E-state index in [1.165, 1.54) is 0 Å². The standard InChI is InChI=1S/C23H22N2O2/c1-17-12-14-20(15-13-17)24-23(27)21(16-18-8-4-2-5-9-18)25-22(26)19-10-6-3-7-11-19/h2-15,21H,16H2,1H3,(H,24,27)(H,25,26). The summed E-state index contributed by atoms with van der Waals surface area (Å²) in [4.78, 5) is 25.4. The number of anilines is 1. The summed E-state index contributed by atoms with van der Waals surface area (Å²) in [6.45, 7) is 1.99. The van der Waals surface area contributed by atoms with Crippen molar-refractivity contribution < 1.29 is 9.59 Å². The van der Waals surface area contributed by atoms with Gasteiger partial charge in [-0.15, -0.1) is 0 Å². The molecule has 3 aromatic carbocycles. The summed E-state index contributed by atoms with van der Waals surface area (Å²) in [6, 6.07) is 25.5. The van der Waals surface area contributed by atoms with E-state index >= 15 is 0 Å². The average Bonchev–Trinajstić information content (AvgIpc) is 2.70. The van der Waals surface area contributed by atoms with E-state index in [1.54, 1.807) is 24.3 Å². The number of hydrogen-bond donors (Lipinski definition) is 2. The van der Waals surface area contributed by atoms with Crippen LogP contribution in [0, 0.1) is 6.92 Å². The number of carbonyl (C=O) groups excluding carboxylic acids is 2. The molecule has 0 heterocycles. The molecule has 0 bridgehead atoms. The molecule has 0 radical (unpaired) electrons. The van der Waals surface area contributed by atoms with Crippen LogP contribution in [0.1, 0.15) is 21.5 Å². The number of carbonyl (C=O) groups is 2. The molecule has 1 unspecified atom stereocenters. The zero-order chi connectivity index (χ0) is 19.1. The Hall–Kier alpha value is -3.40. The highest BCUT2D eigenvalue weighted by atomic mass is 16.2. The molecular formula is C23H22N2O2. The Balaban J connectivity index is 1.77. The van der Waals surface area contributed by atoms with Gasteiger partial charge in [0.2, 0.25) is 5.91 Å². The Bertz CT molecular complexity index is 891. The summed E-state index contributed by atoms with van der Waals surface area (Å²) >= 11 is 0. The molecule has 2 amide bonds. The maximum Gasteiger partial charge on any atom is 0.251 e. The van der Waals surface area contributed by atoms with Crippen molar-refractivity contribution in [3.8, 4) is 0 Å². The minimum atomic E-state index is -0.679. The first kappa shape index (κ1) is 18.4. The second-order valence-electron chi connectivity index (χ2n) is 6.44. The maximum atomic E-state index is 12.8.